The summed E-state index contributed by atoms with van der Waals surface area (Å²) in [6.45, 7) is 12.8. The summed E-state index contributed by atoms with van der Waals surface area (Å²) in [5, 5.41) is 6.71. The van der Waals surface area contributed by atoms with Crippen LogP contribution in [0.3, 0.4) is 0 Å². The molecule has 4 nitrogen and oxygen atoms in total. The highest BCUT2D eigenvalue weighted by molar-refractivity contribution is 5.47. The molecule has 0 aliphatic rings. The van der Waals surface area contributed by atoms with Gasteiger partial charge in [-0.05, 0) is 25.2 Å². The fourth-order valence-corrected chi connectivity index (χ4v) is 1.65. The lowest BCUT2D eigenvalue weighted by atomic mass is 9.90. The summed E-state index contributed by atoms with van der Waals surface area (Å²) >= 11 is 0. The minimum atomic E-state index is 0.286. The molecule has 1 rings (SSSR count). The summed E-state index contributed by atoms with van der Waals surface area (Å²) in [5.41, 5.74) is 0.286. The number of hydrogen-bond acceptors (Lipinski definition) is 4. The molecule has 0 aromatic carbocycles. The zero-order chi connectivity index (χ0) is 14.3. The normalized spacial score (nSPS) is 11.4. The number of rotatable bonds is 8. The Morgan fingerprint density at radius 1 is 1.05 bits per heavy atom. The summed E-state index contributed by atoms with van der Waals surface area (Å²) in [5.74, 6) is 2.76. The van der Waals surface area contributed by atoms with Gasteiger partial charge in [0.05, 0.1) is 0 Å². The molecule has 0 aliphatic carbocycles. The third-order valence-electron chi connectivity index (χ3n) is 3.31. The molecule has 108 valence electrons. The highest BCUT2D eigenvalue weighted by Crippen LogP contribution is 2.21. The second-order valence-electron chi connectivity index (χ2n) is 5.71. The minimum absolute atomic E-state index is 0.286. The fourth-order valence-electron chi connectivity index (χ4n) is 1.65. The number of nitrogens with one attached hydrogen (secondary N) is 2. The van der Waals surface area contributed by atoms with Crippen LogP contribution in [0.15, 0.2) is 6.07 Å². The van der Waals surface area contributed by atoms with E-state index in [-0.39, 0.29) is 5.41 Å². The predicted octanol–water partition coefficient (Wildman–Crippen LogP) is 3.71. The third-order valence-corrected chi connectivity index (χ3v) is 3.31. The van der Waals surface area contributed by atoms with Crippen molar-refractivity contribution in [3.05, 3.63) is 11.9 Å². The maximum Gasteiger partial charge on any atom is 0.133 e. The molecule has 0 bridgehead atoms. The smallest absolute Gasteiger partial charge is 0.133 e. The van der Waals surface area contributed by atoms with Crippen molar-refractivity contribution in [2.24, 2.45) is 5.41 Å². The van der Waals surface area contributed by atoms with Crippen LogP contribution in [0.4, 0.5) is 11.6 Å². The van der Waals surface area contributed by atoms with E-state index in [1.807, 2.05) is 6.07 Å². The first-order chi connectivity index (χ1) is 9.00. The Kier molecular flexibility index (Phi) is 6.06. The van der Waals surface area contributed by atoms with Crippen LogP contribution in [0.5, 0.6) is 0 Å². The molecular formula is C15H28N4. The zero-order valence-corrected chi connectivity index (χ0v) is 13.0. The molecule has 4 heteroatoms. The summed E-state index contributed by atoms with van der Waals surface area (Å²) in [6, 6.07) is 1.99. The van der Waals surface area contributed by atoms with Gasteiger partial charge in [0.2, 0.25) is 0 Å². The van der Waals surface area contributed by atoms with E-state index in [2.05, 4.69) is 55.2 Å². The van der Waals surface area contributed by atoms with Crippen LogP contribution in [-0.2, 0) is 6.42 Å². The quantitative estimate of drug-likeness (QED) is 0.751. The average Bonchev–Trinajstić information content (AvgIpc) is 2.37. The standard InChI is InChI=1S/C15H28N4/c1-6-9-12-18-13(16-8-3)10-14(19-12)17-11-15(4,5)7-2/h10H,6-9,11H2,1-5H3,(H2,16,17,18,19). The maximum absolute atomic E-state index is 4.58. The SMILES string of the molecule is CCCc1nc(NCC)cc(NCC(C)(C)CC)n1. The van der Waals surface area contributed by atoms with Crippen LogP contribution < -0.4 is 10.6 Å². The van der Waals surface area contributed by atoms with E-state index < -0.39 is 0 Å². The second kappa shape index (κ2) is 7.31. The molecule has 0 atom stereocenters. The molecule has 1 aromatic rings. The highest BCUT2D eigenvalue weighted by Gasteiger charge is 2.15. The Morgan fingerprint density at radius 3 is 2.21 bits per heavy atom. The van der Waals surface area contributed by atoms with E-state index in [1.165, 1.54) is 0 Å². The van der Waals surface area contributed by atoms with Crippen molar-refractivity contribution in [1.82, 2.24) is 9.97 Å². The van der Waals surface area contributed by atoms with E-state index in [4.69, 9.17) is 0 Å². The molecule has 0 unspecified atom stereocenters. The number of aryl methyl sites for hydroxylation is 1. The van der Waals surface area contributed by atoms with Gasteiger partial charge in [0.15, 0.2) is 0 Å². The monoisotopic (exact) mass is 264 g/mol. The van der Waals surface area contributed by atoms with E-state index in [0.29, 0.717) is 0 Å². The first-order valence-corrected chi connectivity index (χ1v) is 7.36. The molecule has 1 aromatic heterocycles. The minimum Gasteiger partial charge on any atom is -0.370 e. The van der Waals surface area contributed by atoms with Crippen molar-refractivity contribution in [2.45, 2.75) is 53.9 Å². The van der Waals surface area contributed by atoms with Gasteiger partial charge in [-0.2, -0.15) is 0 Å². The van der Waals surface area contributed by atoms with E-state index >= 15 is 0 Å². The van der Waals surface area contributed by atoms with Gasteiger partial charge < -0.3 is 10.6 Å². The maximum atomic E-state index is 4.58. The van der Waals surface area contributed by atoms with Crippen LogP contribution in [-0.4, -0.2) is 23.1 Å². The first-order valence-electron chi connectivity index (χ1n) is 7.36. The predicted molar refractivity (Wildman–Crippen MR) is 82.8 cm³/mol. The van der Waals surface area contributed by atoms with Crippen LogP contribution in [0.2, 0.25) is 0 Å². The highest BCUT2D eigenvalue weighted by atomic mass is 15.1. The molecule has 19 heavy (non-hydrogen) atoms. The summed E-state index contributed by atoms with van der Waals surface area (Å²) in [7, 11) is 0. The van der Waals surface area contributed by atoms with Crippen molar-refractivity contribution in [3.8, 4) is 0 Å². The van der Waals surface area contributed by atoms with Gasteiger partial charge in [0.1, 0.15) is 17.5 Å². The molecule has 0 spiro atoms. The van der Waals surface area contributed by atoms with Crippen LogP contribution in [0, 0.1) is 5.41 Å². The topological polar surface area (TPSA) is 49.8 Å². The summed E-state index contributed by atoms with van der Waals surface area (Å²) < 4.78 is 0. The number of anilines is 2. The zero-order valence-electron chi connectivity index (χ0n) is 13.0. The van der Waals surface area contributed by atoms with E-state index in [0.717, 1.165) is 49.8 Å². The van der Waals surface area contributed by atoms with E-state index in [1.54, 1.807) is 0 Å². The Labute approximate surface area is 117 Å². The molecule has 0 saturated carbocycles. The van der Waals surface area contributed by atoms with Crippen molar-refractivity contribution in [2.75, 3.05) is 23.7 Å². The molecular weight excluding hydrogens is 236 g/mol. The van der Waals surface area contributed by atoms with Crippen molar-refractivity contribution in [1.29, 1.82) is 0 Å². The lowest BCUT2D eigenvalue weighted by molar-refractivity contribution is 0.376. The van der Waals surface area contributed by atoms with Crippen LogP contribution in [0.25, 0.3) is 0 Å². The Morgan fingerprint density at radius 2 is 1.68 bits per heavy atom. The average molecular weight is 264 g/mol. The van der Waals surface area contributed by atoms with Gasteiger partial charge in [-0.25, -0.2) is 9.97 Å². The molecule has 0 saturated heterocycles. The number of nitrogens with zero attached hydrogens (tertiary/aromatic N) is 2. The van der Waals surface area contributed by atoms with Gasteiger partial charge in [-0.1, -0.05) is 27.7 Å². The van der Waals surface area contributed by atoms with Gasteiger partial charge in [-0.15, -0.1) is 0 Å². The Balaban J connectivity index is 2.80. The van der Waals surface area contributed by atoms with Crippen LogP contribution >= 0.6 is 0 Å². The summed E-state index contributed by atoms with van der Waals surface area (Å²) in [4.78, 5) is 9.10. The van der Waals surface area contributed by atoms with Gasteiger partial charge >= 0.3 is 0 Å². The molecule has 0 fully saturated rings. The fraction of sp³-hybridized carbons (Fsp3) is 0.733. The molecule has 0 amide bonds. The summed E-state index contributed by atoms with van der Waals surface area (Å²) in [6.07, 6.45) is 3.13. The lowest BCUT2D eigenvalue weighted by Crippen LogP contribution is -2.22. The Hall–Kier alpha value is -1.32. The van der Waals surface area contributed by atoms with Gasteiger partial charge in [-0.3, -0.25) is 0 Å². The number of hydrogen-bond donors (Lipinski definition) is 2. The molecule has 0 radical (unpaired) electrons. The second-order valence-corrected chi connectivity index (χ2v) is 5.71. The lowest BCUT2D eigenvalue weighted by Gasteiger charge is -2.23. The molecule has 1 heterocycles. The van der Waals surface area contributed by atoms with Gasteiger partial charge in [0.25, 0.3) is 0 Å². The third kappa shape index (κ3) is 5.45. The van der Waals surface area contributed by atoms with Crippen molar-refractivity contribution < 1.29 is 0 Å². The first kappa shape index (κ1) is 15.7. The van der Waals surface area contributed by atoms with Gasteiger partial charge in [0, 0.05) is 25.6 Å². The number of aromatic nitrogens is 2. The van der Waals surface area contributed by atoms with Crippen molar-refractivity contribution in [3.63, 3.8) is 0 Å². The molecule has 2 N–H and O–H groups in total. The molecule has 0 aliphatic heterocycles. The van der Waals surface area contributed by atoms with Crippen LogP contribution in [0.1, 0.15) is 53.3 Å². The van der Waals surface area contributed by atoms with Crippen molar-refractivity contribution >= 4 is 11.6 Å². The van der Waals surface area contributed by atoms with E-state index in [9.17, 15) is 0 Å². The Bertz CT molecular complexity index is 363. The largest absolute Gasteiger partial charge is 0.370 e.